The molecule has 0 bridgehead atoms. The Morgan fingerprint density at radius 2 is 2.46 bits per heavy atom. The third kappa shape index (κ3) is 1.79. The van der Waals surface area contributed by atoms with E-state index >= 15 is 0 Å². The molecule has 0 aromatic carbocycles. The largest absolute Gasteiger partial charge is 0.480 e. The molecular formula is C8H5FN2O2. The Hall–Kier alpha value is -1.96. The first-order valence-corrected chi connectivity index (χ1v) is 3.39. The highest BCUT2D eigenvalue weighted by Gasteiger charge is 2.23. The number of halogens is 1. The third-order valence-corrected chi connectivity index (χ3v) is 1.44. The van der Waals surface area contributed by atoms with Crippen LogP contribution in [0.3, 0.4) is 0 Å². The van der Waals surface area contributed by atoms with Crippen molar-refractivity contribution in [2.75, 3.05) is 0 Å². The van der Waals surface area contributed by atoms with Crippen LogP contribution in [0.4, 0.5) is 4.39 Å². The predicted molar refractivity (Wildman–Crippen MR) is 40.2 cm³/mol. The second-order valence-electron chi connectivity index (χ2n) is 2.27. The van der Waals surface area contributed by atoms with Crippen LogP contribution in [0.5, 0.6) is 0 Å². The van der Waals surface area contributed by atoms with Crippen molar-refractivity contribution in [3.8, 4) is 6.07 Å². The van der Waals surface area contributed by atoms with Gasteiger partial charge in [0.2, 0.25) is 0 Å². The fraction of sp³-hybridized carbons (Fsp3) is 0.125. The van der Waals surface area contributed by atoms with E-state index in [4.69, 9.17) is 10.4 Å². The number of aliphatic carboxylic acids is 1. The van der Waals surface area contributed by atoms with Gasteiger partial charge in [0.1, 0.15) is 11.5 Å². The van der Waals surface area contributed by atoms with Crippen molar-refractivity contribution in [2.45, 2.75) is 5.92 Å². The normalized spacial score (nSPS) is 11.7. The van der Waals surface area contributed by atoms with Crippen molar-refractivity contribution in [2.24, 2.45) is 0 Å². The molecule has 1 aromatic rings. The molecule has 13 heavy (non-hydrogen) atoms. The summed E-state index contributed by atoms with van der Waals surface area (Å²) in [4.78, 5) is 13.9. The predicted octanol–water partition coefficient (Wildman–Crippen LogP) is 0.912. The number of hydrogen-bond acceptors (Lipinski definition) is 3. The van der Waals surface area contributed by atoms with E-state index < -0.39 is 17.7 Å². The number of carboxylic acids is 1. The standard InChI is InChI=1S/C8H5FN2O2/c9-6-2-1-3-11-7(6)5(4-10)8(12)13/h1-3,5H,(H,12,13). The number of nitrogens with zero attached hydrogens (tertiary/aromatic N) is 2. The van der Waals surface area contributed by atoms with Gasteiger partial charge in [0.15, 0.2) is 5.92 Å². The van der Waals surface area contributed by atoms with Gasteiger partial charge in [0, 0.05) is 6.20 Å². The fourth-order valence-corrected chi connectivity index (χ4v) is 0.844. The van der Waals surface area contributed by atoms with Gasteiger partial charge in [-0.15, -0.1) is 0 Å². The van der Waals surface area contributed by atoms with Gasteiger partial charge in [0.05, 0.1) is 6.07 Å². The molecule has 0 fully saturated rings. The van der Waals surface area contributed by atoms with Gasteiger partial charge < -0.3 is 5.11 Å². The summed E-state index contributed by atoms with van der Waals surface area (Å²) in [6.07, 6.45) is 1.24. The van der Waals surface area contributed by atoms with Crippen LogP contribution in [0.2, 0.25) is 0 Å². The molecule has 1 heterocycles. The molecule has 0 radical (unpaired) electrons. The molecule has 1 N–H and O–H groups in total. The molecule has 0 amide bonds. The van der Waals surface area contributed by atoms with Crippen molar-refractivity contribution in [1.82, 2.24) is 4.98 Å². The van der Waals surface area contributed by atoms with Gasteiger partial charge in [-0.05, 0) is 12.1 Å². The zero-order chi connectivity index (χ0) is 9.84. The molecule has 1 atom stereocenters. The van der Waals surface area contributed by atoms with Gasteiger partial charge in [-0.2, -0.15) is 5.26 Å². The van der Waals surface area contributed by atoms with E-state index in [1.54, 1.807) is 0 Å². The molecule has 0 saturated heterocycles. The van der Waals surface area contributed by atoms with E-state index in [-0.39, 0.29) is 5.69 Å². The molecule has 0 aliphatic rings. The highest BCUT2D eigenvalue weighted by molar-refractivity contribution is 5.78. The highest BCUT2D eigenvalue weighted by atomic mass is 19.1. The molecule has 1 unspecified atom stereocenters. The molecule has 0 saturated carbocycles. The summed E-state index contributed by atoms with van der Waals surface area (Å²) in [6.45, 7) is 0. The minimum Gasteiger partial charge on any atom is -0.480 e. The molecular weight excluding hydrogens is 175 g/mol. The Morgan fingerprint density at radius 3 is 2.92 bits per heavy atom. The Bertz CT molecular complexity index is 373. The maximum absolute atomic E-state index is 12.9. The van der Waals surface area contributed by atoms with Crippen LogP contribution in [0.1, 0.15) is 11.6 Å². The van der Waals surface area contributed by atoms with Gasteiger partial charge in [-0.1, -0.05) is 0 Å². The summed E-state index contributed by atoms with van der Waals surface area (Å²) in [5.41, 5.74) is -0.350. The topological polar surface area (TPSA) is 74.0 Å². The van der Waals surface area contributed by atoms with E-state index in [9.17, 15) is 9.18 Å². The Kier molecular flexibility index (Phi) is 2.55. The van der Waals surface area contributed by atoms with E-state index in [1.165, 1.54) is 18.3 Å². The lowest BCUT2D eigenvalue weighted by Gasteiger charge is -2.02. The highest BCUT2D eigenvalue weighted by Crippen LogP contribution is 2.15. The average molecular weight is 180 g/mol. The number of carboxylic acid groups (broad SMARTS) is 1. The van der Waals surface area contributed by atoms with Crippen LogP contribution in [0.25, 0.3) is 0 Å². The molecule has 0 aliphatic carbocycles. The monoisotopic (exact) mass is 180 g/mol. The zero-order valence-corrected chi connectivity index (χ0v) is 6.44. The maximum atomic E-state index is 12.9. The lowest BCUT2D eigenvalue weighted by Crippen LogP contribution is -2.12. The summed E-state index contributed by atoms with van der Waals surface area (Å²) < 4.78 is 12.9. The number of nitriles is 1. The Morgan fingerprint density at radius 1 is 1.77 bits per heavy atom. The average Bonchev–Trinajstić information content (AvgIpc) is 2.09. The molecule has 0 spiro atoms. The van der Waals surface area contributed by atoms with E-state index in [2.05, 4.69) is 4.98 Å². The van der Waals surface area contributed by atoms with Crippen LogP contribution in [0, 0.1) is 17.1 Å². The molecule has 1 rings (SSSR count). The minimum absolute atomic E-state index is 0.350. The zero-order valence-electron chi connectivity index (χ0n) is 6.44. The minimum atomic E-state index is -1.54. The number of rotatable bonds is 2. The summed E-state index contributed by atoms with van der Waals surface area (Å²) >= 11 is 0. The van der Waals surface area contributed by atoms with Crippen LogP contribution < -0.4 is 0 Å². The lowest BCUT2D eigenvalue weighted by atomic mass is 10.1. The van der Waals surface area contributed by atoms with Crippen molar-refractivity contribution in [1.29, 1.82) is 5.26 Å². The molecule has 4 nitrogen and oxygen atoms in total. The van der Waals surface area contributed by atoms with E-state index in [0.717, 1.165) is 6.07 Å². The Labute approximate surface area is 73.3 Å². The van der Waals surface area contributed by atoms with Gasteiger partial charge in [-0.3, -0.25) is 9.78 Å². The van der Waals surface area contributed by atoms with Crippen molar-refractivity contribution in [3.05, 3.63) is 29.8 Å². The molecule has 5 heteroatoms. The number of carbonyl (C=O) groups is 1. The first-order valence-electron chi connectivity index (χ1n) is 3.39. The molecule has 66 valence electrons. The molecule has 0 aliphatic heterocycles. The summed E-state index contributed by atoms with van der Waals surface area (Å²) in [5.74, 6) is -3.72. The second-order valence-corrected chi connectivity index (χ2v) is 2.27. The fourth-order valence-electron chi connectivity index (χ4n) is 0.844. The van der Waals surface area contributed by atoms with Crippen LogP contribution in [0.15, 0.2) is 18.3 Å². The number of pyridine rings is 1. The van der Waals surface area contributed by atoms with Crippen molar-refractivity contribution in [3.63, 3.8) is 0 Å². The number of hydrogen-bond donors (Lipinski definition) is 1. The van der Waals surface area contributed by atoms with Crippen molar-refractivity contribution >= 4 is 5.97 Å². The van der Waals surface area contributed by atoms with E-state index in [1.807, 2.05) is 0 Å². The second kappa shape index (κ2) is 3.63. The first kappa shape index (κ1) is 9.13. The SMILES string of the molecule is N#CC(C(=O)O)c1ncccc1F. The van der Waals surface area contributed by atoms with Gasteiger partial charge >= 0.3 is 5.97 Å². The quantitative estimate of drug-likeness (QED) is 0.734. The lowest BCUT2D eigenvalue weighted by molar-refractivity contribution is -0.137. The van der Waals surface area contributed by atoms with Gasteiger partial charge in [-0.25, -0.2) is 4.39 Å². The van der Waals surface area contributed by atoms with Crippen LogP contribution >= 0.6 is 0 Å². The number of aromatic nitrogens is 1. The maximum Gasteiger partial charge on any atom is 0.327 e. The van der Waals surface area contributed by atoms with Crippen molar-refractivity contribution < 1.29 is 14.3 Å². The van der Waals surface area contributed by atoms with E-state index in [0.29, 0.717) is 0 Å². The summed E-state index contributed by atoms with van der Waals surface area (Å²) in [7, 11) is 0. The van der Waals surface area contributed by atoms with Gasteiger partial charge in [0.25, 0.3) is 0 Å². The molecule has 1 aromatic heterocycles. The summed E-state index contributed by atoms with van der Waals surface area (Å²) in [5, 5.41) is 17.0. The first-order chi connectivity index (χ1) is 6.16. The van der Waals surface area contributed by atoms with Crippen LogP contribution in [-0.2, 0) is 4.79 Å². The smallest absolute Gasteiger partial charge is 0.327 e. The Balaban J connectivity index is 3.14. The summed E-state index contributed by atoms with van der Waals surface area (Å²) in [6, 6.07) is 3.85. The third-order valence-electron chi connectivity index (χ3n) is 1.44. The van der Waals surface area contributed by atoms with Crippen LogP contribution in [-0.4, -0.2) is 16.1 Å².